The van der Waals surface area contributed by atoms with Gasteiger partial charge in [0.05, 0.1) is 16.7 Å². The quantitative estimate of drug-likeness (QED) is 0.178. The maximum Gasteiger partial charge on any atom is 0.416 e. The summed E-state index contributed by atoms with van der Waals surface area (Å²) in [6.07, 6.45) is -15.1. The second-order valence-electron chi connectivity index (χ2n) is 10.6. The molecule has 0 radical (unpaired) electrons. The van der Waals surface area contributed by atoms with E-state index in [-0.39, 0.29) is 35.1 Å². The highest BCUT2D eigenvalue weighted by molar-refractivity contribution is 5.69. The lowest BCUT2D eigenvalue weighted by Gasteiger charge is -2.30. The Bertz CT molecular complexity index is 1740. The van der Waals surface area contributed by atoms with Crippen LogP contribution in [0.5, 0.6) is 5.75 Å². The number of halogens is 10. The van der Waals surface area contributed by atoms with Gasteiger partial charge in [0.15, 0.2) is 0 Å². The molecule has 4 aromatic carbocycles. The molecule has 0 saturated heterocycles. The zero-order valence-corrected chi connectivity index (χ0v) is 24.6. The van der Waals surface area contributed by atoms with E-state index in [1.165, 1.54) is 19.2 Å². The molecule has 0 fully saturated rings. The zero-order valence-electron chi connectivity index (χ0n) is 24.6. The number of hydrazine groups is 3. The number of ether oxygens (including phenoxy) is 1. The molecule has 0 aliphatic carbocycles. The van der Waals surface area contributed by atoms with Crippen LogP contribution in [0.3, 0.4) is 0 Å². The number of nitrogens with zero attached hydrogens (tertiary/aromatic N) is 5. The maximum absolute atomic E-state index is 15.5. The SMILES string of the molecule is CN1N=NN(N(Cc2cc(C(F)(F)F)cc(C(F)(F)F)c2)Cc2cc(C(F)(F)F)ccc2-c2ccc(OCc3ccccc3)cc2F)N1. The molecular formula is C31H24F10N6O. The Kier molecular flexibility index (Phi) is 9.55. The van der Waals surface area contributed by atoms with E-state index in [0.717, 1.165) is 39.1 Å². The maximum atomic E-state index is 15.5. The zero-order chi connectivity index (χ0) is 34.9. The molecule has 1 N–H and O–H groups in total. The molecule has 254 valence electrons. The fourth-order valence-electron chi connectivity index (χ4n) is 4.80. The average Bonchev–Trinajstić information content (AvgIpc) is 3.45. The second-order valence-corrected chi connectivity index (χ2v) is 10.6. The molecule has 7 nitrogen and oxygen atoms in total. The third kappa shape index (κ3) is 8.32. The van der Waals surface area contributed by atoms with Gasteiger partial charge in [-0.2, -0.15) is 49.6 Å². The Morgan fingerprint density at radius 3 is 1.85 bits per heavy atom. The fourth-order valence-corrected chi connectivity index (χ4v) is 4.80. The average molecular weight is 687 g/mol. The monoisotopic (exact) mass is 686 g/mol. The van der Waals surface area contributed by atoms with Crippen molar-refractivity contribution in [3.63, 3.8) is 0 Å². The number of benzene rings is 4. The summed E-state index contributed by atoms with van der Waals surface area (Å²) in [5.41, 5.74) is -1.82. The highest BCUT2D eigenvalue weighted by Crippen LogP contribution is 2.38. The Morgan fingerprint density at radius 2 is 1.29 bits per heavy atom. The van der Waals surface area contributed by atoms with Crippen LogP contribution in [-0.4, -0.2) is 22.4 Å². The van der Waals surface area contributed by atoms with Crippen molar-refractivity contribution in [2.24, 2.45) is 10.4 Å². The van der Waals surface area contributed by atoms with Crippen LogP contribution >= 0.6 is 0 Å². The van der Waals surface area contributed by atoms with Gasteiger partial charge in [0.2, 0.25) is 0 Å². The molecule has 0 spiro atoms. The minimum atomic E-state index is -5.14. The minimum Gasteiger partial charge on any atom is -0.489 e. The first-order valence-corrected chi connectivity index (χ1v) is 13.9. The van der Waals surface area contributed by atoms with E-state index in [1.54, 1.807) is 30.3 Å². The molecular weight excluding hydrogens is 662 g/mol. The van der Waals surface area contributed by atoms with Crippen molar-refractivity contribution in [2.45, 2.75) is 38.2 Å². The van der Waals surface area contributed by atoms with Crippen molar-refractivity contribution in [2.75, 3.05) is 7.05 Å². The largest absolute Gasteiger partial charge is 0.489 e. The van der Waals surface area contributed by atoms with Gasteiger partial charge in [-0.05, 0) is 75.2 Å². The summed E-state index contributed by atoms with van der Waals surface area (Å²) in [4.78, 5) is 0. The van der Waals surface area contributed by atoms with Gasteiger partial charge in [-0.1, -0.05) is 41.9 Å². The van der Waals surface area contributed by atoms with Crippen LogP contribution < -0.4 is 10.3 Å². The summed E-state index contributed by atoms with van der Waals surface area (Å²) in [5.74, 6) is -0.732. The van der Waals surface area contributed by atoms with Gasteiger partial charge in [0.1, 0.15) is 18.2 Å². The van der Waals surface area contributed by atoms with Crippen LogP contribution in [0.2, 0.25) is 0 Å². The van der Waals surface area contributed by atoms with Crippen molar-refractivity contribution in [3.8, 4) is 16.9 Å². The smallest absolute Gasteiger partial charge is 0.416 e. The van der Waals surface area contributed by atoms with E-state index in [1.807, 2.05) is 0 Å². The summed E-state index contributed by atoms with van der Waals surface area (Å²) in [5, 5.41) is 10.3. The lowest BCUT2D eigenvalue weighted by Crippen LogP contribution is -2.47. The van der Waals surface area contributed by atoms with Crippen molar-refractivity contribution < 1.29 is 48.6 Å². The highest BCUT2D eigenvalue weighted by Gasteiger charge is 2.38. The highest BCUT2D eigenvalue weighted by atomic mass is 19.4. The van der Waals surface area contributed by atoms with Crippen LogP contribution in [0.25, 0.3) is 11.1 Å². The van der Waals surface area contributed by atoms with Gasteiger partial charge < -0.3 is 4.74 Å². The van der Waals surface area contributed by atoms with Crippen LogP contribution in [0, 0.1) is 5.82 Å². The molecule has 0 aromatic heterocycles. The summed E-state index contributed by atoms with van der Waals surface area (Å²) in [6.45, 7) is -1.22. The third-order valence-corrected chi connectivity index (χ3v) is 7.04. The Morgan fingerprint density at radius 1 is 0.667 bits per heavy atom. The van der Waals surface area contributed by atoms with E-state index in [0.29, 0.717) is 18.2 Å². The number of rotatable bonds is 9. The summed E-state index contributed by atoms with van der Waals surface area (Å²) >= 11 is 0. The molecule has 0 bridgehead atoms. The summed E-state index contributed by atoms with van der Waals surface area (Å²) in [7, 11) is 1.36. The predicted molar refractivity (Wildman–Crippen MR) is 151 cm³/mol. The number of alkyl halides is 9. The molecule has 17 heteroatoms. The van der Waals surface area contributed by atoms with Crippen LogP contribution in [-0.2, 0) is 38.2 Å². The molecule has 0 atom stereocenters. The van der Waals surface area contributed by atoms with Crippen molar-refractivity contribution in [3.05, 3.63) is 124 Å². The van der Waals surface area contributed by atoms with E-state index in [9.17, 15) is 39.5 Å². The standard InChI is InChI=1S/C31H24F10N6O/c1-45-42-43-47(44-45)46(16-20-11-23(30(36,37)38)14-24(12-20)31(39,40)41)17-21-13-22(29(33,34)35)7-9-26(21)27-10-8-25(15-28(27)32)48-18-19-5-3-2-4-6-19/h2-15,44H,16-18H2,1H3. The fraction of sp³-hybridized carbons (Fsp3) is 0.226. The summed E-state index contributed by atoms with van der Waals surface area (Å²) in [6, 6.07) is 16.1. The van der Waals surface area contributed by atoms with Gasteiger partial charge in [-0.3, -0.25) is 0 Å². The summed E-state index contributed by atoms with van der Waals surface area (Å²) < 4.78 is 144. The molecule has 5 rings (SSSR count). The van der Waals surface area contributed by atoms with Crippen molar-refractivity contribution in [1.82, 2.24) is 20.9 Å². The van der Waals surface area contributed by atoms with E-state index in [2.05, 4.69) is 16.0 Å². The molecule has 4 aromatic rings. The first kappa shape index (κ1) is 34.4. The number of hydrogen-bond acceptors (Lipinski definition) is 7. The first-order chi connectivity index (χ1) is 22.5. The molecule has 0 saturated carbocycles. The van der Waals surface area contributed by atoms with Crippen molar-refractivity contribution >= 4 is 0 Å². The minimum absolute atomic E-state index is 0.0374. The van der Waals surface area contributed by atoms with Gasteiger partial charge in [0.25, 0.3) is 0 Å². The van der Waals surface area contributed by atoms with Crippen LogP contribution in [0.4, 0.5) is 43.9 Å². The lowest BCUT2D eigenvalue weighted by molar-refractivity contribution is -0.143. The van der Waals surface area contributed by atoms with Gasteiger partial charge >= 0.3 is 18.5 Å². The predicted octanol–water partition coefficient (Wildman–Crippen LogP) is 8.99. The Hall–Kier alpha value is -4.90. The van der Waals surface area contributed by atoms with E-state index >= 15 is 4.39 Å². The van der Waals surface area contributed by atoms with Crippen LogP contribution in [0.1, 0.15) is 33.4 Å². The van der Waals surface area contributed by atoms with Gasteiger partial charge in [0, 0.05) is 31.8 Å². The molecule has 1 heterocycles. The molecule has 0 amide bonds. The van der Waals surface area contributed by atoms with Crippen molar-refractivity contribution in [1.29, 1.82) is 0 Å². The first-order valence-electron chi connectivity index (χ1n) is 13.9. The topological polar surface area (TPSA) is 55.7 Å². The number of nitrogens with one attached hydrogen (secondary N) is 1. The Labute approximate surface area is 266 Å². The van der Waals surface area contributed by atoms with E-state index < -0.39 is 59.7 Å². The molecule has 48 heavy (non-hydrogen) atoms. The van der Waals surface area contributed by atoms with E-state index in [4.69, 9.17) is 4.74 Å². The molecule has 0 unspecified atom stereocenters. The van der Waals surface area contributed by atoms with Gasteiger partial charge in [-0.25, -0.2) is 4.39 Å². The lowest BCUT2D eigenvalue weighted by atomic mass is 9.96. The van der Waals surface area contributed by atoms with Crippen LogP contribution in [0.15, 0.2) is 95.4 Å². The second kappa shape index (κ2) is 13.3. The van der Waals surface area contributed by atoms with Gasteiger partial charge in [-0.15, -0.1) is 5.23 Å². The third-order valence-electron chi connectivity index (χ3n) is 7.04. The normalized spacial score (nSPS) is 13.9. The molecule has 1 aliphatic rings. The molecule has 1 aliphatic heterocycles. The number of hydrogen-bond donors (Lipinski definition) is 1. The Balaban J connectivity index is 1.53.